The predicted octanol–water partition coefficient (Wildman–Crippen LogP) is 7.00. The highest BCUT2D eigenvalue weighted by Gasteiger charge is 2.45. The molecule has 1 saturated carbocycles. The monoisotopic (exact) mass is 452 g/mol. The molecule has 2 aromatic carbocycles. The average Bonchev–Trinajstić information content (AvgIpc) is 2.84. The van der Waals surface area contributed by atoms with Crippen LogP contribution >= 0.6 is 0 Å². The Hall–Kier alpha value is -1.42. The molecule has 0 heterocycles. The Morgan fingerprint density at radius 2 is 1.19 bits per heavy atom. The second kappa shape index (κ2) is 14.0. The Kier molecular flexibility index (Phi) is 11.0. The molecule has 0 spiro atoms. The maximum absolute atomic E-state index is 7.09. The van der Waals surface area contributed by atoms with E-state index in [9.17, 15) is 0 Å². The average molecular weight is 453 g/mol. The molecule has 3 rings (SSSR count). The summed E-state index contributed by atoms with van der Waals surface area (Å²) in [5.74, 6) is 0.817. The van der Waals surface area contributed by atoms with Crippen molar-refractivity contribution in [2.75, 3.05) is 6.61 Å². The number of benzene rings is 2. The zero-order valence-electron chi connectivity index (χ0n) is 20.4. The first kappa shape index (κ1) is 25.2. The third kappa shape index (κ3) is 7.57. The molecule has 32 heavy (non-hydrogen) atoms. The fourth-order valence-electron chi connectivity index (χ4n) is 4.85. The summed E-state index contributed by atoms with van der Waals surface area (Å²) < 4.78 is 14.0. The quantitative estimate of drug-likeness (QED) is 0.227. The second-order valence-electron chi connectivity index (χ2n) is 9.67. The summed E-state index contributed by atoms with van der Waals surface area (Å²) in [6.07, 6.45) is 15.6. The minimum atomic E-state index is -2.74. The van der Waals surface area contributed by atoms with E-state index < -0.39 is 8.56 Å². The molecule has 1 aliphatic rings. The maximum atomic E-state index is 7.09. The van der Waals surface area contributed by atoms with Crippen LogP contribution in [0.1, 0.15) is 90.9 Å². The molecule has 2 aromatic rings. The van der Waals surface area contributed by atoms with Gasteiger partial charge in [-0.05, 0) is 48.4 Å². The standard InChI is InChI=1S/C29H44O2Si/c1-3-4-5-6-7-8-9-16-25-30-32(28-17-12-10-13-18-28,29-19-14-11-15-20-29)31-27-23-21-26(2)22-24-27/h10-15,17-20,26-27H,3-9,16,21-25H2,1-2H3. The van der Waals surface area contributed by atoms with Crippen molar-refractivity contribution in [2.24, 2.45) is 5.92 Å². The Morgan fingerprint density at radius 3 is 1.72 bits per heavy atom. The molecule has 176 valence electrons. The topological polar surface area (TPSA) is 18.5 Å². The summed E-state index contributed by atoms with van der Waals surface area (Å²) in [5.41, 5.74) is 0. The summed E-state index contributed by atoms with van der Waals surface area (Å²) in [7, 11) is -2.74. The van der Waals surface area contributed by atoms with Crippen molar-refractivity contribution in [3.8, 4) is 0 Å². The first-order valence-corrected chi connectivity index (χ1v) is 15.0. The maximum Gasteiger partial charge on any atom is 0.407 e. The van der Waals surface area contributed by atoms with E-state index in [1.807, 2.05) is 0 Å². The van der Waals surface area contributed by atoms with Crippen LogP contribution in [0.4, 0.5) is 0 Å². The molecule has 3 heteroatoms. The van der Waals surface area contributed by atoms with Crippen molar-refractivity contribution in [3.63, 3.8) is 0 Å². The van der Waals surface area contributed by atoms with E-state index in [1.165, 1.54) is 68.2 Å². The van der Waals surface area contributed by atoms with Crippen LogP contribution in [0, 0.1) is 5.92 Å². The molecule has 0 aromatic heterocycles. The van der Waals surface area contributed by atoms with Crippen molar-refractivity contribution < 1.29 is 8.85 Å². The van der Waals surface area contributed by atoms with E-state index in [1.54, 1.807) is 0 Å². The van der Waals surface area contributed by atoms with Crippen LogP contribution in [0.25, 0.3) is 0 Å². The Labute approximate surface area is 198 Å². The molecule has 0 radical (unpaired) electrons. The zero-order valence-corrected chi connectivity index (χ0v) is 21.4. The molecular formula is C29H44O2Si. The van der Waals surface area contributed by atoms with Gasteiger partial charge in [-0.1, -0.05) is 119 Å². The number of rotatable bonds is 14. The van der Waals surface area contributed by atoms with Crippen molar-refractivity contribution in [3.05, 3.63) is 60.7 Å². The molecule has 0 saturated heterocycles. The summed E-state index contributed by atoms with van der Waals surface area (Å²) >= 11 is 0. The van der Waals surface area contributed by atoms with Gasteiger partial charge in [0.1, 0.15) is 0 Å². The normalized spacial score (nSPS) is 19.2. The minimum absolute atomic E-state index is 0.303. The largest absolute Gasteiger partial charge is 0.407 e. The van der Waals surface area contributed by atoms with Gasteiger partial charge in [-0.2, -0.15) is 0 Å². The fraction of sp³-hybridized carbons (Fsp3) is 0.586. The summed E-state index contributed by atoms with van der Waals surface area (Å²) in [6, 6.07) is 21.6. The van der Waals surface area contributed by atoms with Gasteiger partial charge in [0.05, 0.1) is 0 Å². The van der Waals surface area contributed by atoms with E-state index in [0.717, 1.165) is 31.8 Å². The van der Waals surface area contributed by atoms with Gasteiger partial charge in [-0.15, -0.1) is 0 Å². The molecule has 0 aliphatic heterocycles. The number of unbranched alkanes of at least 4 members (excludes halogenated alkanes) is 7. The van der Waals surface area contributed by atoms with Gasteiger partial charge in [-0.3, -0.25) is 0 Å². The minimum Gasteiger partial charge on any atom is -0.388 e. The molecule has 0 bridgehead atoms. The van der Waals surface area contributed by atoms with Gasteiger partial charge >= 0.3 is 8.56 Å². The molecule has 1 aliphatic carbocycles. The summed E-state index contributed by atoms with van der Waals surface area (Å²) in [5, 5.41) is 2.48. The number of hydrogen-bond acceptors (Lipinski definition) is 2. The van der Waals surface area contributed by atoms with Crippen LogP contribution in [-0.4, -0.2) is 21.3 Å². The fourth-order valence-corrected chi connectivity index (χ4v) is 8.26. The predicted molar refractivity (Wildman–Crippen MR) is 139 cm³/mol. The molecule has 2 nitrogen and oxygen atoms in total. The van der Waals surface area contributed by atoms with Crippen LogP contribution in [0.5, 0.6) is 0 Å². The van der Waals surface area contributed by atoms with Crippen molar-refractivity contribution >= 4 is 18.9 Å². The SMILES string of the molecule is CCCCCCCCCCO[Si](OC1CCC(C)CC1)(c1ccccc1)c1ccccc1. The molecule has 0 N–H and O–H groups in total. The van der Waals surface area contributed by atoms with Gasteiger partial charge in [0, 0.05) is 12.7 Å². The third-order valence-corrected chi connectivity index (χ3v) is 10.4. The first-order chi connectivity index (χ1) is 15.7. The van der Waals surface area contributed by atoms with Crippen molar-refractivity contribution in [2.45, 2.75) is 97.0 Å². The lowest BCUT2D eigenvalue weighted by Gasteiger charge is -2.37. The summed E-state index contributed by atoms with van der Waals surface area (Å²) in [4.78, 5) is 0. The summed E-state index contributed by atoms with van der Waals surface area (Å²) in [6.45, 7) is 5.44. The second-order valence-corrected chi connectivity index (χ2v) is 12.6. The lowest BCUT2D eigenvalue weighted by atomic mass is 9.89. The smallest absolute Gasteiger partial charge is 0.388 e. The van der Waals surface area contributed by atoms with Crippen LogP contribution in [0.3, 0.4) is 0 Å². The van der Waals surface area contributed by atoms with Crippen LogP contribution in [0.15, 0.2) is 60.7 Å². The Balaban J connectivity index is 1.69. The third-order valence-electron chi connectivity index (χ3n) is 6.91. The lowest BCUT2D eigenvalue weighted by Crippen LogP contribution is -2.65. The van der Waals surface area contributed by atoms with Crippen molar-refractivity contribution in [1.82, 2.24) is 0 Å². The highest BCUT2D eigenvalue weighted by molar-refractivity contribution is 6.92. The Morgan fingerprint density at radius 1 is 0.688 bits per heavy atom. The first-order valence-electron chi connectivity index (χ1n) is 13.2. The van der Waals surface area contributed by atoms with E-state index in [0.29, 0.717) is 6.10 Å². The molecule has 0 amide bonds. The van der Waals surface area contributed by atoms with E-state index >= 15 is 0 Å². The van der Waals surface area contributed by atoms with Gasteiger partial charge < -0.3 is 8.85 Å². The van der Waals surface area contributed by atoms with Crippen LogP contribution in [-0.2, 0) is 8.85 Å². The molecule has 0 unspecified atom stereocenters. The molecule has 0 atom stereocenters. The van der Waals surface area contributed by atoms with E-state index in [4.69, 9.17) is 8.85 Å². The highest BCUT2D eigenvalue weighted by Crippen LogP contribution is 2.28. The molecular weight excluding hydrogens is 408 g/mol. The number of hydrogen-bond donors (Lipinski definition) is 0. The van der Waals surface area contributed by atoms with E-state index in [-0.39, 0.29) is 0 Å². The van der Waals surface area contributed by atoms with E-state index in [2.05, 4.69) is 74.5 Å². The van der Waals surface area contributed by atoms with Gasteiger partial charge in [0.2, 0.25) is 0 Å². The van der Waals surface area contributed by atoms with Gasteiger partial charge in [0.15, 0.2) is 0 Å². The van der Waals surface area contributed by atoms with Gasteiger partial charge in [0.25, 0.3) is 0 Å². The zero-order chi connectivity index (χ0) is 22.5. The van der Waals surface area contributed by atoms with Gasteiger partial charge in [-0.25, -0.2) is 0 Å². The van der Waals surface area contributed by atoms with Crippen molar-refractivity contribution in [1.29, 1.82) is 0 Å². The highest BCUT2D eigenvalue weighted by atomic mass is 28.4. The molecule has 1 fully saturated rings. The van der Waals surface area contributed by atoms with Crippen LogP contribution < -0.4 is 10.4 Å². The van der Waals surface area contributed by atoms with Crippen LogP contribution in [0.2, 0.25) is 0 Å². The lowest BCUT2D eigenvalue weighted by molar-refractivity contribution is 0.0891. The Bertz CT molecular complexity index is 686.